The average molecular weight is 527 g/mol. The molecular weight excluding hydrogens is 480 g/mol. The van der Waals surface area contributed by atoms with Crippen LogP contribution in [-0.2, 0) is 23.9 Å². The highest BCUT2D eigenvalue weighted by molar-refractivity contribution is 5.93. The molecule has 0 spiro atoms. The molecule has 0 bridgehead atoms. The molecule has 1 heterocycles. The number of hydrogen-bond acceptors (Lipinski definition) is 5. The van der Waals surface area contributed by atoms with Crippen molar-refractivity contribution in [1.82, 2.24) is 10.6 Å². The number of carbonyl (C=O) groups is 3. The number of methoxy groups -OCH3 is 1. The molecule has 0 aliphatic carbocycles. The fourth-order valence-electron chi connectivity index (χ4n) is 3.82. The van der Waals surface area contributed by atoms with Crippen molar-refractivity contribution in [1.29, 1.82) is 0 Å². The van der Waals surface area contributed by atoms with Crippen LogP contribution in [0, 0.1) is 17.3 Å². The topological polar surface area (TPSA) is 93.7 Å². The van der Waals surface area contributed by atoms with E-state index in [1.165, 1.54) is 13.2 Å². The maximum atomic E-state index is 12.8. The molecule has 0 saturated heterocycles. The van der Waals surface area contributed by atoms with Gasteiger partial charge in [0.05, 0.1) is 7.11 Å². The Morgan fingerprint density at radius 3 is 2.42 bits per heavy atom. The lowest BCUT2D eigenvalue weighted by Gasteiger charge is -2.29. The lowest BCUT2D eigenvalue weighted by molar-refractivity contribution is -0.151. The number of rotatable bonds is 13. The molecule has 7 heteroatoms. The van der Waals surface area contributed by atoms with Gasteiger partial charge in [-0.25, -0.2) is 4.79 Å². The highest BCUT2D eigenvalue weighted by atomic mass is 16.6. The normalized spacial score (nSPS) is 19.5. The zero-order valence-corrected chi connectivity index (χ0v) is 24.2. The summed E-state index contributed by atoms with van der Waals surface area (Å²) < 4.78 is 10.4. The number of cyclic esters (lactones) is 1. The number of allylic oxidation sites excluding steroid dienone is 7. The highest BCUT2D eigenvalue weighted by Crippen LogP contribution is 2.23. The van der Waals surface area contributed by atoms with Crippen molar-refractivity contribution in [2.75, 3.05) is 7.11 Å². The van der Waals surface area contributed by atoms with Crippen LogP contribution in [-0.4, -0.2) is 37.0 Å². The third-order valence-electron chi connectivity index (χ3n) is 6.12. The van der Waals surface area contributed by atoms with Gasteiger partial charge in [0.15, 0.2) is 5.76 Å². The van der Waals surface area contributed by atoms with Crippen LogP contribution in [0.1, 0.15) is 67.7 Å². The van der Waals surface area contributed by atoms with E-state index >= 15 is 0 Å². The van der Waals surface area contributed by atoms with Crippen molar-refractivity contribution < 1.29 is 23.9 Å². The van der Waals surface area contributed by atoms with Gasteiger partial charge in [0.25, 0.3) is 0 Å². The Balaban J connectivity index is 2.64. The van der Waals surface area contributed by atoms with Gasteiger partial charge < -0.3 is 20.1 Å². The Labute approximate surface area is 228 Å². The quantitative estimate of drug-likeness (QED) is 0.139. The monoisotopic (exact) mass is 526 g/mol. The second-order valence-corrected chi connectivity index (χ2v) is 10.8. The summed E-state index contributed by atoms with van der Waals surface area (Å²) in [4.78, 5) is 37.2. The standard InChI is InChI=1S/C31H46N2O5/c1-9-10-14-22(2)16-13-20-32-29(35)28(31(5,6)7)33-27(34)17-12-11-15-23(3)21-24(4)25-18-19-26(37-8)30(36)38-25/h9-13,15,17,19-22,24-25,28H,14,16,18H2,1-8H3,(H,32,35)(H,33,34)/b10-9-,15-11-,17-12-,20-13-,23-21+/t22-,24-,25-,28+/m0/s1. The van der Waals surface area contributed by atoms with Crippen molar-refractivity contribution in [3.05, 3.63) is 72.2 Å². The molecule has 2 amide bonds. The van der Waals surface area contributed by atoms with Crippen molar-refractivity contribution in [2.24, 2.45) is 17.3 Å². The zero-order chi connectivity index (χ0) is 28.7. The first-order valence-corrected chi connectivity index (χ1v) is 13.2. The fraction of sp³-hybridized carbons (Fsp3) is 0.516. The number of esters is 1. The summed E-state index contributed by atoms with van der Waals surface area (Å²) in [5.74, 6) is -0.302. The minimum Gasteiger partial charge on any atom is -0.490 e. The molecule has 38 heavy (non-hydrogen) atoms. The van der Waals surface area contributed by atoms with Gasteiger partial charge >= 0.3 is 5.97 Å². The van der Waals surface area contributed by atoms with Crippen LogP contribution in [0.4, 0.5) is 0 Å². The minimum absolute atomic E-state index is 0.0158. The first kappa shape index (κ1) is 32.7. The maximum absolute atomic E-state index is 12.8. The Kier molecular flexibility index (Phi) is 14.2. The lowest BCUT2D eigenvalue weighted by atomic mass is 9.86. The summed E-state index contributed by atoms with van der Waals surface area (Å²) in [5, 5.41) is 5.62. The van der Waals surface area contributed by atoms with Crippen LogP contribution in [0.15, 0.2) is 72.2 Å². The van der Waals surface area contributed by atoms with Crippen LogP contribution in [0.25, 0.3) is 0 Å². The molecule has 1 rings (SSSR count). The van der Waals surface area contributed by atoms with Crippen LogP contribution < -0.4 is 10.6 Å². The van der Waals surface area contributed by atoms with Gasteiger partial charge in [-0.1, -0.05) is 82.7 Å². The molecule has 0 saturated carbocycles. The molecule has 0 aromatic heterocycles. The lowest BCUT2D eigenvalue weighted by Crippen LogP contribution is -2.52. The molecule has 0 aromatic rings. The predicted molar refractivity (Wildman–Crippen MR) is 153 cm³/mol. The molecule has 7 nitrogen and oxygen atoms in total. The summed E-state index contributed by atoms with van der Waals surface area (Å²) in [7, 11) is 1.45. The van der Waals surface area contributed by atoms with E-state index in [0.717, 1.165) is 18.4 Å². The average Bonchev–Trinajstić information content (AvgIpc) is 2.85. The number of hydrogen-bond donors (Lipinski definition) is 2. The van der Waals surface area contributed by atoms with E-state index in [9.17, 15) is 14.4 Å². The van der Waals surface area contributed by atoms with Crippen molar-refractivity contribution in [3.8, 4) is 0 Å². The van der Waals surface area contributed by atoms with Gasteiger partial charge in [0.1, 0.15) is 12.1 Å². The summed E-state index contributed by atoms with van der Waals surface area (Å²) >= 11 is 0. The van der Waals surface area contributed by atoms with E-state index in [-0.39, 0.29) is 29.6 Å². The molecular formula is C31H46N2O5. The van der Waals surface area contributed by atoms with E-state index in [0.29, 0.717) is 12.3 Å². The predicted octanol–water partition coefficient (Wildman–Crippen LogP) is 5.68. The molecule has 1 aliphatic heterocycles. The molecule has 0 fully saturated rings. The minimum atomic E-state index is -0.693. The second kappa shape index (κ2) is 16.5. The van der Waals surface area contributed by atoms with E-state index in [1.54, 1.807) is 24.4 Å². The van der Waals surface area contributed by atoms with Gasteiger partial charge in [-0.3, -0.25) is 9.59 Å². The molecule has 0 unspecified atom stereocenters. The number of amides is 2. The molecule has 1 aliphatic rings. The van der Waals surface area contributed by atoms with Crippen LogP contribution in [0.5, 0.6) is 0 Å². The van der Waals surface area contributed by atoms with Gasteiger partial charge in [-0.15, -0.1) is 0 Å². The Morgan fingerprint density at radius 1 is 1.16 bits per heavy atom. The van der Waals surface area contributed by atoms with Gasteiger partial charge in [-0.05, 0) is 50.3 Å². The van der Waals surface area contributed by atoms with Crippen LogP contribution in [0.3, 0.4) is 0 Å². The largest absolute Gasteiger partial charge is 0.490 e. The summed E-state index contributed by atoms with van der Waals surface area (Å²) in [6.45, 7) is 13.8. The third-order valence-corrected chi connectivity index (χ3v) is 6.12. The zero-order valence-electron chi connectivity index (χ0n) is 24.2. The van der Waals surface area contributed by atoms with Gasteiger partial charge in [0.2, 0.25) is 11.8 Å². The van der Waals surface area contributed by atoms with Crippen LogP contribution >= 0.6 is 0 Å². The van der Waals surface area contributed by atoms with E-state index in [2.05, 4.69) is 23.6 Å². The summed E-state index contributed by atoms with van der Waals surface area (Å²) in [6, 6.07) is -0.693. The van der Waals surface area contributed by atoms with Crippen LogP contribution in [0.2, 0.25) is 0 Å². The van der Waals surface area contributed by atoms with E-state index in [4.69, 9.17) is 9.47 Å². The van der Waals surface area contributed by atoms with E-state index in [1.807, 2.05) is 65.8 Å². The number of ether oxygens (including phenoxy) is 2. The number of nitrogens with one attached hydrogen (secondary N) is 2. The molecule has 2 N–H and O–H groups in total. The SMILES string of the molecule is C/C=C\C[C@H](C)C/C=C\NC(=O)[C@@H](NC(=O)\C=C/C=C\C(C)=C\[C@H](C)[C@@H]1CC=C(OC)C(=O)O1)C(C)(C)C. The second-order valence-electron chi connectivity index (χ2n) is 10.8. The van der Waals surface area contributed by atoms with Crippen molar-refractivity contribution >= 4 is 17.8 Å². The highest BCUT2D eigenvalue weighted by Gasteiger charge is 2.32. The molecule has 4 atom stereocenters. The van der Waals surface area contributed by atoms with Gasteiger partial charge in [0, 0.05) is 18.4 Å². The molecule has 0 aromatic carbocycles. The van der Waals surface area contributed by atoms with Crippen molar-refractivity contribution in [2.45, 2.75) is 79.9 Å². The van der Waals surface area contributed by atoms with Gasteiger partial charge in [-0.2, -0.15) is 0 Å². The maximum Gasteiger partial charge on any atom is 0.373 e. The summed E-state index contributed by atoms with van der Waals surface area (Å²) in [5.41, 5.74) is 0.507. The Hall–Kier alpha value is -3.35. The fourth-order valence-corrected chi connectivity index (χ4v) is 3.82. The van der Waals surface area contributed by atoms with Crippen molar-refractivity contribution in [3.63, 3.8) is 0 Å². The first-order chi connectivity index (χ1) is 17.9. The summed E-state index contributed by atoms with van der Waals surface area (Å²) in [6.07, 6.45) is 20.4. The number of carbonyl (C=O) groups excluding carboxylic acids is 3. The Morgan fingerprint density at radius 2 is 1.82 bits per heavy atom. The Bertz CT molecular complexity index is 979. The molecule has 210 valence electrons. The molecule has 0 radical (unpaired) electrons. The third kappa shape index (κ3) is 12.3. The smallest absolute Gasteiger partial charge is 0.373 e. The first-order valence-electron chi connectivity index (χ1n) is 13.2. The van der Waals surface area contributed by atoms with E-state index < -0.39 is 17.4 Å².